The first-order valence-corrected chi connectivity index (χ1v) is 7.28. The molecule has 0 saturated heterocycles. The number of anilines is 2. The van der Waals surface area contributed by atoms with E-state index in [0.29, 0.717) is 12.5 Å². The highest BCUT2D eigenvalue weighted by Crippen LogP contribution is 2.28. The molecule has 3 N–H and O–H groups in total. The normalized spacial score (nSPS) is 15.6. The van der Waals surface area contributed by atoms with E-state index in [0.717, 1.165) is 30.0 Å². The van der Waals surface area contributed by atoms with Crippen LogP contribution in [0.5, 0.6) is 0 Å². The van der Waals surface area contributed by atoms with E-state index in [-0.39, 0.29) is 11.3 Å². The van der Waals surface area contributed by atoms with Crippen LogP contribution in [-0.4, -0.2) is 25.5 Å². The summed E-state index contributed by atoms with van der Waals surface area (Å²) in [5, 5.41) is 9.66. The minimum absolute atomic E-state index is 0.00542. The van der Waals surface area contributed by atoms with Crippen molar-refractivity contribution in [2.24, 2.45) is 11.3 Å². The van der Waals surface area contributed by atoms with Crippen LogP contribution in [0.25, 0.3) is 0 Å². The van der Waals surface area contributed by atoms with Gasteiger partial charge >= 0.3 is 0 Å². The molecule has 2 rings (SSSR count). The van der Waals surface area contributed by atoms with E-state index < -0.39 is 0 Å². The van der Waals surface area contributed by atoms with E-state index in [4.69, 9.17) is 0 Å². The van der Waals surface area contributed by atoms with Crippen LogP contribution >= 0.6 is 0 Å². The first-order chi connectivity index (χ1) is 9.39. The van der Waals surface area contributed by atoms with Gasteiger partial charge in [-0.3, -0.25) is 4.79 Å². The van der Waals surface area contributed by atoms with Gasteiger partial charge in [0.05, 0.1) is 16.9 Å². The monoisotopic (exact) mass is 275 g/mol. The van der Waals surface area contributed by atoms with E-state index in [9.17, 15) is 4.79 Å². The average Bonchev–Trinajstić information content (AvgIpc) is 2.42. The van der Waals surface area contributed by atoms with Crippen LogP contribution in [0, 0.1) is 11.3 Å². The molecule has 110 valence electrons. The fourth-order valence-electron chi connectivity index (χ4n) is 2.11. The highest BCUT2D eigenvalue weighted by Gasteiger charge is 2.22. The zero-order valence-corrected chi connectivity index (χ0v) is 12.8. The lowest BCUT2D eigenvalue weighted by atomic mass is 9.82. The number of benzene rings is 1. The predicted octanol–water partition coefficient (Wildman–Crippen LogP) is 2.94. The predicted molar refractivity (Wildman–Crippen MR) is 84.4 cm³/mol. The van der Waals surface area contributed by atoms with Gasteiger partial charge in [-0.2, -0.15) is 0 Å². The Morgan fingerprint density at radius 3 is 2.70 bits per heavy atom. The standard InChI is InChI=1S/C16H25N3O/c1-11(16(2,3)4)10-19-15(20)12-6-5-7-13-14(12)18-9-8-17-13/h5-7,11,17-18H,8-10H2,1-4H3,(H,19,20). The highest BCUT2D eigenvalue weighted by atomic mass is 16.1. The molecule has 1 unspecified atom stereocenters. The lowest BCUT2D eigenvalue weighted by molar-refractivity contribution is 0.0938. The molecule has 0 radical (unpaired) electrons. The molecule has 1 amide bonds. The molecule has 0 saturated carbocycles. The number of carbonyl (C=O) groups is 1. The molecule has 1 atom stereocenters. The van der Waals surface area contributed by atoms with E-state index in [2.05, 4.69) is 43.6 Å². The molecule has 1 aliphatic rings. The Morgan fingerprint density at radius 1 is 1.30 bits per heavy atom. The van der Waals surface area contributed by atoms with Crippen molar-refractivity contribution in [1.82, 2.24) is 5.32 Å². The van der Waals surface area contributed by atoms with Gasteiger partial charge in [0.2, 0.25) is 0 Å². The summed E-state index contributed by atoms with van der Waals surface area (Å²) in [6.07, 6.45) is 0. The number of carbonyl (C=O) groups excluding carboxylic acids is 1. The van der Waals surface area contributed by atoms with Crippen molar-refractivity contribution < 1.29 is 4.79 Å². The summed E-state index contributed by atoms with van der Waals surface area (Å²) in [6, 6.07) is 5.78. The Labute approximate surface area is 121 Å². The number of fused-ring (bicyclic) bond motifs is 1. The highest BCUT2D eigenvalue weighted by molar-refractivity contribution is 6.02. The summed E-state index contributed by atoms with van der Waals surface area (Å²) in [7, 11) is 0. The van der Waals surface area contributed by atoms with Crippen LogP contribution in [0.15, 0.2) is 18.2 Å². The van der Waals surface area contributed by atoms with Crippen molar-refractivity contribution in [1.29, 1.82) is 0 Å². The van der Waals surface area contributed by atoms with E-state index in [1.54, 1.807) is 0 Å². The van der Waals surface area contributed by atoms with Crippen molar-refractivity contribution in [3.63, 3.8) is 0 Å². The van der Waals surface area contributed by atoms with Crippen molar-refractivity contribution in [2.75, 3.05) is 30.3 Å². The molecule has 4 nitrogen and oxygen atoms in total. The van der Waals surface area contributed by atoms with Gasteiger partial charge in [-0.25, -0.2) is 0 Å². The second-order valence-electron chi connectivity index (χ2n) is 6.56. The van der Waals surface area contributed by atoms with Crippen LogP contribution in [0.2, 0.25) is 0 Å². The van der Waals surface area contributed by atoms with Crippen molar-refractivity contribution in [3.8, 4) is 0 Å². The van der Waals surface area contributed by atoms with Crippen molar-refractivity contribution in [3.05, 3.63) is 23.8 Å². The third-order valence-electron chi connectivity index (χ3n) is 4.10. The molecule has 0 spiro atoms. The number of amides is 1. The van der Waals surface area contributed by atoms with E-state index >= 15 is 0 Å². The molecule has 1 heterocycles. The first-order valence-electron chi connectivity index (χ1n) is 7.28. The largest absolute Gasteiger partial charge is 0.382 e. The Hall–Kier alpha value is -1.71. The molecule has 0 bridgehead atoms. The van der Waals surface area contributed by atoms with Crippen LogP contribution in [0.4, 0.5) is 11.4 Å². The molecule has 1 aliphatic heterocycles. The van der Waals surface area contributed by atoms with E-state index in [1.165, 1.54) is 0 Å². The number of hydrogen-bond acceptors (Lipinski definition) is 3. The number of hydrogen-bond donors (Lipinski definition) is 3. The summed E-state index contributed by atoms with van der Waals surface area (Å²) in [5.41, 5.74) is 2.84. The quantitative estimate of drug-likeness (QED) is 0.795. The van der Waals surface area contributed by atoms with Crippen LogP contribution in [0.1, 0.15) is 38.1 Å². The summed E-state index contributed by atoms with van der Waals surface area (Å²) < 4.78 is 0. The summed E-state index contributed by atoms with van der Waals surface area (Å²) >= 11 is 0. The topological polar surface area (TPSA) is 53.2 Å². The second-order valence-corrected chi connectivity index (χ2v) is 6.56. The third-order valence-corrected chi connectivity index (χ3v) is 4.10. The summed E-state index contributed by atoms with van der Waals surface area (Å²) in [6.45, 7) is 11.2. The second kappa shape index (κ2) is 5.73. The van der Waals surface area contributed by atoms with Gasteiger partial charge in [0, 0.05) is 19.6 Å². The Kier molecular flexibility index (Phi) is 4.21. The van der Waals surface area contributed by atoms with Gasteiger partial charge < -0.3 is 16.0 Å². The maximum Gasteiger partial charge on any atom is 0.253 e. The first kappa shape index (κ1) is 14.7. The number of nitrogens with one attached hydrogen (secondary N) is 3. The molecule has 4 heteroatoms. The minimum Gasteiger partial charge on any atom is -0.382 e. The molecule has 0 aromatic heterocycles. The minimum atomic E-state index is -0.00542. The molecule has 1 aromatic carbocycles. The van der Waals surface area contributed by atoms with Crippen LogP contribution in [0.3, 0.4) is 0 Å². The third kappa shape index (κ3) is 3.24. The van der Waals surface area contributed by atoms with E-state index in [1.807, 2.05) is 18.2 Å². The molecule has 0 fully saturated rings. The SMILES string of the molecule is CC(CNC(=O)c1cccc2c1NCCN2)C(C)(C)C. The summed E-state index contributed by atoms with van der Waals surface area (Å²) in [5.74, 6) is 0.422. The smallest absolute Gasteiger partial charge is 0.253 e. The number of para-hydroxylation sites is 1. The van der Waals surface area contributed by atoms with Gasteiger partial charge in [0.15, 0.2) is 0 Å². The molecular formula is C16H25N3O. The van der Waals surface area contributed by atoms with Crippen LogP contribution < -0.4 is 16.0 Å². The van der Waals surface area contributed by atoms with Crippen molar-refractivity contribution in [2.45, 2.75) is 27.7 Å². The maximum absolute atomic E-state index is 12.4. The average molecular weight is 275 g/mol. The fraction of sp³-hybridized carbons (Fsp3) is 0.562. The van der Waals surface area contributed by atoms with Crippen molar-refractivity contribution >= 4 is 17.3 Å². The maximum atomic E-state index is 12.4. The van der Waals surface area contributed by atoms with Gasteiger partial charge in [0.1, 0.15) is 0 Å². The Balaban J connectivity index is 2.07. The van der Waals surface area contributed by atoms with Gasteiger partial charge in [-0.15, -0.1) is 0 Å². The fourth-order valence-corrected chi connectivity index (χ4v) is 2.11. The summed E-state index contributed by atoms with van der Waals surface area (Å²) in [4.78, 5) is 12.4. The molecule has 20 heavy (non-hydrogen) atoms. The lowest BCUT2D eigenvalue weighted by Gasteiger charge is -2.28. The molecular weight excluding hydrogens is 250 g/mol. The van der Waals surface area contributed by atoms with Gasteiger partial charge in [0.25, 0.3) is 5.91 Å². The Bertz CT molecular complexity index is 491. The zero-order chi connectivity index (χ0) is 14.8. The zero-order valence-electron chi connectivity index (χ0n) is 12.8. The lowest BCUT2D eigenvalue weighted by Crippen LogP contribution is -2.34. The van der Waals surface area contributed by atoms with Crippen LogP contribution in [-0.2, 0) is 0 Å². The molecule has 0 aliphatic carbocycles. The molecule has 1 aromatic rings. The van der Waals surface area contributed by atoms with Gasteiger partial charge in [-0.1, -0.05) is 33.8 Å². The number of rotatable bonds is 3. The van der Waals surface area contributed by atoms with Gasteiger partial charge in [-0.05, 0) is 23.5 Å². The Morgan fingerprint density at radius 2 is 2.00 bits per heavy atom.